The Morgan fingerprint density at radius 2 is 2.29 bits per heavy atom. The van der Waals surface area contributed by atoms with Gasteiger partial charge in [-0.25, -0.2) is 5.10 Å². The second kappa shape index (κ2) is 7.05. The zero-order valence-corrected chi connectivity index (χ0v) is 14.0. The number of aryl methyl sites for hydroxylation is 1. The van der Waals surface area contributed by atoms with E-state index in [1.807, 2.05) is 0 Å². The highest BCUT2D eigenvalue weighted by atomic mass is 35.5. The van der Waals surface area contributed by atoms with Crippen molar-refractivity contribution in [1.82, 2.24) is 15.5 Å². The third-order valence-corrected chi connectivity index (χ3v) is 4.23. The number of carbonyl (C=O) groups is 1. The van der Waals surface area contributed by atoms with E-state index < -0.39 is 6.10 Å². The minimum Gasteiger partial charge on any atom is -0.481 e. The van der Waals surface area contributed by atoms with E-state index in [0.29, 0.717) is 17.2 Å². The summed E-state index contributed by atoms with van der Waals surface area (Å²) >= 11 is 5.91. The van der Waals surface area contributed by atoms with Crippen molar-refractivity contribution in [2.24, 2.45) is 0 Å². The highest BCUT2D eigenvalue weighted by Gasteiger charge is 2.24. The van der Waals surface area contributed by atoms with Crippen LogP contribution in [0.25, 0.3) is 0 Å². The average Bonchev–Trinajstić information content (AvgIpc) is 2.54. The second-order valence-electron chi connectivity index (χ2n) is 5.87. The van der Waals surface area contributed by atoms with Gasteiger partial charge in [-0.2, -0.15) is 5.10 Å². The largest absolute Gasteiger partial charge is 0.481 e. The molecule has 1 amide bonds. The third-order valence-electron chi connectivity index (χ3n) is 4.00. The molecule has 1 aliphatic rings. The van der Waals surface area contributed by atoms with Gasteiger partial charge in [-0.05, 0) is 49.9 Å². The number of carbonyl (C=O) groups excluding carboxylic acids is 1. The Bertz CT molecular complexity index is 806. The molecule has 1 aromatic heterocycles. The smallest absolute Gasteiger partial charge is 0.264 e. The molecule has 2 aromatic rings. The lowest BCUT2D eigenvalue weighted by Crippen LogP contribution is -2.45. The fraction of sp³-hybridized carbons (Fsp3) is 0.353. The molecule has 0 radical (unpaired) electrons. The Labute approximate surface area is 144 Å². The third kappa shape index (κ3) is 3.94. The fourth-order valence-corrected chi connectivity index (χ4v) is 2.96. The molecule has 0 aliphatic heterocycles. The first-order valence-corrected chi connectivity index (χ1v) is 8.19. The fourth-order valence-electron chi connectivity index (χ4n) is 2.78. The molecule has 0 bridgehead atoms. The second-order valence-corrected chi connectivity index (χ2v) is 6.31. The molecule has 0 spiro atoms. The highest BCUT2D eigenvalue weighted by Crippen LogP contribution is 2.20. The molecule has 2 N–H and O–H groups in total. The minimum atomic E-state index is -0.637. The van der Waals surface area contributed by atoms with Gasteiger partial charge in [0.25, 0.3) is 11.5 Å². The van der Waals surface area contributed by atoms with Crippen LogP contribution in [-0.4, -0.2) is 28.3 Å². The van der Waals surface area contributed by atoms with Crippen LogP contribution in [0.1, 0.15) is 24.6 Å². The van der Waals surface area contributed by atoms with Crippen molar-refractivity contribution in [2.75, 3.05) is 0 Å². The van der Waals surface area contributed by atoms with Gasteiger partial charge in [0, 0.05) is 17.1 Å². The summed E-state index contributed by atoms with van der Waals surface area (Å²) in [6.07, 6.45) is 1.46. The predicted molar refractivity (Wildman–Crippen MR) is 90.4 cm³/mol. The van der Waals surface area contributed by atoms with Crippen molar-refractivity contribution in [1.29, 1.82) is 0 Å². The molecule has 2 atom stereocenters. The van der Waals surface area contributed by atoms with Crippen molar-refractivity contribution < 1.29 is 9.53 Å². The summed E-state index contributed by atoms with van der Waals surface area (Å²) in [6, 6.07) is 8.45. The lowest BCUT2D eigenvalue weighted by Gasteiger charge is -2.25. The van der Waals surface area contributed by atoms with Crippen LogP contribution in [0.3, 0.4) is 0 Å². The van der Waals surface area contributed by atoms with Gasteiger partial charge in [0.2, 0.25) is 0 Å². The van der Waals surface area contributed by atoms with Gasteiger partial charge in [0.1, 0.15) is 5.75 Å². The molecule has 126 valence electrons. The Morgan fingerprint density at radius 1 is 1.46 bits per heavy atom. The zero-order valence-electron chi connectivity index (χ0n) is 13.2. The van der Waals surface area contributed by atoms with Crippen LogP contribution in [0.4, 0.5) is 0 Å². The van der Waals surface area contributed by atoms with Gasteiger partial charge in [0.05, 0.1) is 5.69 Å². The summed E-state index contributed by atoms with van der Waals surface area (Å²) in [5.74, 6) is 0.357. The molecular formula is C17H18ClN3O3. The summed E-state index contributed by atoms with van der Waals surface area (Å²) < 4.78 is 5.62. The lowest BCUT2D eigenvalue weighted by atomic mass is 9.92. The van der Waals surface area contributed by atoms with Crippen molar-refractivity contribution in [3.05, 3.63) is 57.0 Å². The molecule has 1 heterocycles. The first-order chi connectivity index (χ1) is 11.5. The van der Waals surface area contributed by atoms with Crippen LogP contribution in [0, 0.1) is 0 Å². The first kappa shape index (κ1) is 16.5. The Hall–Kier alpha value is -2.34. The van der Waals surface area contributed by atoms with Crippen LogP contribution in [-0.2, 0) is 17.6 Å². The van der Waals surface area contributed by atoms with E-state index in [9.17, 15) is 9.59 Å². The number of nitrogens with zero attached hydrogens (tertiary/aromatic N) is 1. The van der Waals surface area contributed by atoms with Crippen LogP contribution < -0.4 is 15.6 Å². The molecule has 6 nitrogen and oxygen atoms in total. The molecule has 1 aliphatic carbocycles. The number of benzene rings is 1. The van der Waals surface area contributed by atoms with E-state index in [1.165, 1.54) is 0 Å². The zero-order chi connectivity index (χ0) is 17.1. The van der Waals surface area contributed by atoms with Crippen LogP contribution in [0.5, 0.6) is 5.75 Å². The molecule has 0 saturated carbocycles. The van der Waals surface area contributed by atoms with Gasteiger partial charge >= 0.3 is 0 Å². The van der Waals surface area contributed by atoms with Crippen LogP contribution in [0.2, 0.25) is 5.02 Å². The Morgan fingerprint density at radius 3 is 3.08 bits per heavy atom. The number of ether oxygens (including phenoxy) is 1. The quantitative estimate of drug-likeness (QED) is 0.884. The monoisotopic (exact) mass is 347 g/mol. The van der Waals surface area contributed by atoms with E-state index in [2.05, 4.69) is 15.5 Å². The van der Waals surface area contributed by atoms with Crippen molar-refractivity contribution in [3.63, 3.8) is 0 Å². The van der Waals surface area contributed by atoms with Gasteiger partial charge in [-0.3, -0.25) is 9.59 Å². The highest BCUT2D eigenvalue weighted by molar-refractivity contribution is 6.30. The average molecular weight is 348 g/mol. The van der Waals surface area contributed by atoms with E-state index in [-0.39, 0.29) is 17.5 Å². The van der Waals surface area contributed by atoms with Crippen molar-refractivity contribution in [3.8, 4) is 5.75 Å². The SMILES string of the molecule is C[C@@H](Oc1cccc(Cl)c1)C(=O)N[C@@H]1CCc2n[nH]c(=O)cc2C1. The number of halogens is 1. The van der Waals surface area contributed by atoms with Crippen molar-refractivity contribution in [2.45, 2.75) is 38.3 Å². The number of amides is 1. The maximum atomic E-state index is 12.3. The summed E-state index contributed by atoms with van der Waals surface area (Å²) in [4.78, 5) is 23.7. The van der Waals surface area contributed by atoms with E-state index >= 15 is 0 Å². The number of hydrogen-bond donors (Lipinski definition) is 2. The molecule has 1 aromatic carbocycles. The summed E-state index contributed by atoms with van der Waals surface area (Å²) in [5, 5.41) is 10.0. The van der Waals surface area contributed by atoms with Gasteiger partial charge < -0.3 is 10.1 Å². The number of aromatic nitrogens is 2. The summed E-state index contributed by atoms with van der Waals surface area (Å²) in [7, 11) is 0. The number of fused-ring (bicyclic) bond motifs is 1. The molecule has 7 heteroatoms. The van der Waals surface area contributed by atoms with E-state index in [1.54, 1.807) is 37.3 Å². The van der Waals surface area contributed by atoms with Crippen molar-refractivity contribution >= 4 is 17.5 Å². The van der Waals surface area contributed by atoms with Gasteiger partial charge in [-0.15, -0.1) is 0 Å². The maximum Gasteiger partial charge on any atom is 0.264 e. The number of hydrogen-bond acceptors (Lipinski definition) is 4. The molecule has 0 fully saturated rings. The summed E-state index contributed by atoms with van der Waals surface area (Å²) in [5.41, 5.74) is 1.56. The van der Waals surface area contributed by atoms with Gasteiger partial charge in [-0.1, -0.05) is 17.7 Å². The Balaban J connectivity index is 1.59. The Kier molecular flexibility index (Phi) is 4.85. The van der Waals surface area contributed by atoms with E-state index in [0.717, 1.165) is 24.1 Å². The number of rotatable bonds is 4. The minimum absolute atomic E-state index is 0.0287. The van der Waals surface area contributed by atoms with Gasteiger partial charge in [0.15, 0.2) is 6.10 Å². The molecule has 3 rings (SSSR count). The maximum absolute atomic E-state index is 12.3. The topological polar surface area (TPSA) is 84.1 Å². The van der Waals surface area contributed by atoms with Crippen LogP contribution in [0.15, 0.2) is 35.1 Å². The molecule has 24 heavy (non-hydrogen) atoms. The van der Waals surface area contributed by atoms with E-state index in [4.69, 9.17) is 16.3 Å². The summed E-state index contributed by atoms with van der Waals surface area (Å²) in [6.45, 7) is 1.69. The van der Waals surface area contributed by atoms with Crippen LogP contribution >= 0.6 is 11.6 Å². The molecular weight excluding hydrogens is 330 g/mol. The number of nitrogens with one attached hydrogen (secondary N) is 2. The molecule has 0 saturated heterocycles. The normalized spacial score (nSPS) is 17.7. The predicted octanol–water partition coefficient (Wildman–Crippen LogP) is 1.86. The molecule has 0 unspecified atom stereocenters. The number of H-pyrrole nitrogens is 1. The first-order valence-electron chi connectivity index (χ1n) is 7.81. The lowest BCUT2D eigenvalue weighted by molar-refractivity contribution is -0.128. The standard InChI is InChI=1S/C17H18ClN3O3/c1-10(24-14-4-2-3-12(18)9-14)17(23)19-13-5-6-15-11(7-13)8-16(22)21-20-15/h2-4,8-10,13H,5-7H2,1H3,(H,19,23)(H,21,22)/t10-,13-/m1/s1. The number of aromatic amines is 1.